The fourth-order valence-electron chi connectivity index (χ4n) is 2.95. The van der Waals surface area contributed by atoms with Crippen molar-refractivity contribution in [1.29, 1.82) is 0 Å². The lowest BCUT2D eigenvalue weighted by atomic mass is 9.86. The van der Waals surface area contributed by atoms with E-state index < -0.39 is 86.8 Å². The van der Waals surface area contributed by atoms with Crippen molar-refractivity contribution in [1.82, 2.24) is 0 Å². The van der Waals surface area contributed by atoms with Crippen molar-refractivity contribution in [2.24, 2.45) is 5.92 Å². The normalized spacial score (nSPS) is 12.4. The first-order valence-corrected chi connectivity index (χ1v) is 11.7. The molecular formula is C26H32F8O2. The molecule has 0 N–H and O–H groups in total. The molecule has 3 rings (SSSR count). The second-order valence-electron chi connectivity index (χ2n) is 7.71. The van der Waals surface area contributed by atoms with Gasteiger partial charge in [0, 0.05) is 16.7 Å². The van der Waals surface area contributed by atoms with E-state index in [9.17, 15) is 39.9 Å². The Morgan fingerprint density at radius 3 is 1.44 bits per heavy atom. The van der Waals surface area contributed by atoms with E-state index in [1.54, 1.807) is 0 Å². The lowest BCUT2D eigenvalue weighted by molar-refractivity contribution is -0.142. The van der Waals surface area contributed by atoms with Crippen LogP contribution in [0.25, 0.3) is 0 Å². The van der Waals surface area contributed by atoms with Gasteiger partial charge in [-0.05, 0) is 32.6 Å². The summed E-state index contributed by atoms with van der Waals surface area (Å²) in [5, 5.41) is 0. The predicted octanol–water partition coefficient (Wildman–Crippen LogP) is 8.98. The smallest absolute Gasteiger partial charge is 0.314 e. The third-order valence-electron chi connectivity index (χ3n) is 5.18. The summed E-state index contributed by atoms with van der Waals surface area (Å²) in [6, 6.07) is 0. The molecule has 1 saturated carbocycles. The SMILES string of the molecule is CC.CC.CC(C)c1c(F)c(F)c(F)c(OC(=O)C2CCC2)c1F.Cc1c(F)c(C)c(F)c(F)c1F. The van der Waals surface area contributed by atoms with Gasteiger partial charge < -0.3 is 4.74 Å². The first kappa shape index (κ1) is 33.4. The standard InChI is InChI=1S/C14H14F4O2.C8H6F4.2C2H6/c1-6(2)8-9(15)11(17)12(18)13(10(8)16)20-14(19)7-4-3-5-7;1-3-5(9)4(2)7(11)8(12)6(3)10;2*1-2/h6-7H,3-5H2,1-2H3;1-2H3;2*1-2H3. The first-order valence-electron chi connectivity index (χ1n) is 11.7. The van der Waals surface area contributed by atoms with Crippen LogP contribution in [0.3, 0.4) is 0 Å². The molecule has 0 aromatic heterocycles. The van der Waals surface area contributed by atoms with Crippen LogP contribution in [-0.4, -0.2) is 5.97 Å². The molecule has 0 radical (unpaired) electrons. The maximum atomic E-state index is 14.0. The van der Waals surface area contributed by atoms with Gasteiger partial charge in [0.1, 0.15) is 5.82 Å². The molecule has 1 aliphatic rings. The summed E-state index contributed by atoms with van der Waals surface area (Å²) in [7, 11) is 0. The van der Waals surface area contributed by atoms with Crippen LogP contribution in [0.1, 0.15) is 83.4 Å². The minimum atomic E-state index is -1.83. The van der Waals surface area contributed by atoms with E-state index in [2.05, 4.69) is 4.74 Å². The zero-order valence-electron chi connectivity index (χ0n) is 21.6. The highest BCUT2D eigenvalue weighted by Crippen LogP contribution is 2.36. The molecule has 0 bridgehead atoms. The van der Waals surface area contributed by atoms with Gasteiger partial charge in [0.25, 0.3) is 0 Å². The molecule has 0 heterocycles. The second-order valence-corrected chi connectivity index (χ2v) is 7.71. The quantitative estimate of drug-likeness (QED) is 0.131. The Morgan fingerprint density at radius 2 is 1.08 bits per heavy atom. The largest absolute Gasteiger partial charge is 0.420 e. The Kier molecular flexibility index (Phi) is 13.7. The van der Waals surface area contributed by atoms with Gasteiger partial charge in [-0.25, -0.2) is 30.7 Å². The number of benzene rings is 2. The van der Waals surface area contributed by atoms with Gasteiger partial charge >= 0.3 is 5.97 Å². The molecule has 2 aromatic rings. The number of carbonyl (C=O) groups excluding carboxylic acids is 1. The van der Waals surface area contributed by atoms with Gasteiger partial charge in [0.15, 0.2) is 34.9 Å². The zero-order valence-corrected chi connectivity index (χ0v) is 21.6. The number of carbonyl (C=O) groups is 1. The van der Waals surface area contributed by atoms with Crippen molar-refractivity contribution in [3.63, 3.8) is 0 Å². The lowest BCUT2D eigenvalue weighted by Crippen LogP contribution is -2.27. The monoisotopic (exact) mass is 528 g/mol. The summed E-state index contributed by atoms with van der Waals surface area (Å²) in [6.07, 6.45) is 1.98. The van der Waals surface area contributed by atoms with Crippen molar-refractivity contribution in [3.05, 3.63) is 63.2 Å². The van der Waals surface area contributed by atoms with E-state index in [0.29, 0.717) is 12.8 Å². The van der Waals surface area contributed by atoms with Crippen molar-refractivity contribution in [3.8, 4) is 5.75 Å². The van der Waals surface area contributed by atoms with Crippen LogP contribution in [-0.2, 0) is 4.79 Å². The molecule has 0 saturated heterocycles. The fourth-order valence-corrected chi connectivity index (χ4v) is 2.95. The molecule has 1 aliphatic carbocycles. The Morgan fingerprint density at radius 1 is 0.667 bits per heavy atom. The number of rotatable bonds is 3. The summed E-state index contributed by atoms with van der Waals surface area (Å²) in [5.41, 5.74) is -1.61. The summed E-state index contributed by atoms with van der Waals surface area (Å²) >= 11 is 0. The number of ether oxygens (including phenoxy) is 1. The minimum absolute atomic E-state index is 0.426. The number of hydrogen-bond donors (Lipinski definition) is 0. The Bertz CT molecular complexity index is 942. The average Bonchev–Trinajstić information content (AvgIpc) is 2.83. The summed E-state index contributed by atoms with van der Waals surface area (Å²) in [6.45, 7) is 13.0. The maximum absolute atomic E-state index is 14.0. The highest BCUT2D eigenvalue weighted by molar-refractivity contribution is 5.76. The van der Waals surface area contributed by atoms with Gasteiger partial charge in [0.05, 0.1) is 5.92 Å². The molecule has 0 unspecified atom stereocenters. The Labute approximate surface area is 206 Å². The van der Waals surface area contributed by atoms with Gasteiger partial charge in [0.2, 0.25) is 11.6 Å². The fraction of sp³-hybridized carbons (Fsp3) is 0.500. The molecule has 0 atom stereocenters. The van der Waals surface area contributed by atoms with Crippen LogP contribution in [0.15, 0.2) is 0 Å². The van der Waals surface area contributed by atoms with Gasteiger partial charge in [-0.2, -0.15) is 4.39 Å². The van der Waals surface area contributed by atoms with Crippen LogP contribution < -0.4 is 4.74 Å². The molecule has 10 heteroatoms. The lowest BCUT2D eigenvalue weighted by Gasteiger charge is -2.23. The average molecular weight is 529 g/mol. The van der Waals surface area contributed by atoms with Gasteiger partial charge in [-0.1, -0.05) is 48.0 Å². The predicted molar refractivity (Wildman–Crippen MR) is 122 cm³/mol. The summed E-state index contributed by atoms with van der Waals surface area (Å²) < 4.78 is 110. The molecule has 0 aliphatic heterocycles. The van der Waals surface area contributed by atoms with E-state index in [-0.39, 0.29) is 0 Å². The number of hydrogen-bond acceptors (Lipinski definition) is 2. The number of halogens is 8. The van der Waals surface area contributed by atoms with Crippen molar-refractivity contribution >= 4 is 5.97 Å². The van der Waals surface area contributed by atoms with Crippen LogP contribution >= 0.6 is 0 Å². The van der Waals surface area contributed by atoms with Crippen molar-refractivity contribution in [2.45, 2.75) is 80.6 Å². The molecular weight excluding hydrogens is 496 g/mol. The summed E-state index contributed by atoms with van der Waals surface area (Å²) in [4.78, 5) is 11.6. The Balaban J connectivity index is 0.000000655. The van der Waals surface area contributed by atoms with Crippen LogP contribution in [0, 0.1) is 66.3 Å². The highest BCUT2D eigenvalue weighted by atomic mass is 19.2. The molecule has 0 spiro atoms. The van der Waals surface area contributed by atoms with Crippen LogP contribution in [0.5, 0.6) is 5.75 Å². The molecule has 1 fully saturated rings. The van der Waals surface area contributed by atoms with Crippen molar-refractivity contribution < 1.29 is 44.7 Å². The zero-order chi connectivity index (χ0) is 28.5. The van der Waals surface area contributed by atoms with Crippen LogP contribution in [0.2, 0.25) is 0 Å². The number of esters is 1. The molecule has 2 aromatic carbocycles. The second kappa shape index (κ2) is 14.8. The topological polar surface area (TPSA) is 26.3 Å². The van der Waals surface area contributed by atoms with Gasteiger partial charge in [-0.15, -0.1) is 0 Å². The summed E-state index contributed by atoms with van der Waals surface area (Å²) in [5.74, 6) is -15.3. The maximum Gasteiger partial charge on any atom is 0.314 e. The van der Waals surface area contributed by atoms with Crippen molar-refractivity contribution in [2.75, 3.05) is 0 Å². The minimum Gasteiger partial charge on any atom is -0.420 e. The first-order chi connectivity index (χ1) is 16.8. The van der Waals surface area contributed by atoms with E-state index in [1.165, 1.54) is 13.8 Å². The third-order valence-corrected chi connectivity index (χ3v) is 5.18. The van der Waals surface area contributed by atoms with E-state index >= 15 is 0 Å². The molecule has 0 amide bonds. The molecule has 204 valence electrons. The van der Waals surface area contributed by atoms with Crippen LogP contribution in [0.4, 0.5) is 35.1 Å². The highest BCUT2D eigenvalue weighted by Gasteiger charge is 2.33. The molecule has 2 nitrogen and oxygen atoms in total. The van der Waals surface area contributed by atoms with E-state index in [1.807, 2.05) is 27.7 Å². The van der Waals surface area contributed by atoms with E-state index in [0.717, 1.165) is 20.3 Å². The van der Waals surface area contributed by atoms with Gasteiger partial charge in [-0.3, -0.25) is 4.79 Å². The third kappa shape index (κ3) is 7.20. The molecule has 36 heavy (non-hydrogen) atoms. The Hall–Kier alpha value is -2.65. The van der Waals surface area contributed by atoms with E-state index in [4.69, 9.17) is 0 Å².